The van der Waals surface area contributed by atoms with Crippen LogP contribution in [-0.4, -0.2) is 10.4 Å². The molecule has 0 spiro atoms. The molecule has 4 heteroatoms. The van der Waals surface area contributed by atoms with Crippen molar-refractivity contribution in [3.8, 4) is 0 Å². The summed E-state index contributed by atoms with van der Waals surface area (Å²) >= 11 is 0. The number of nitrogens with one attached hydrogen (secondary N) is 2. The molecule has 2 N–H and O–H groups in total. The summed E-state index contributed by atoms with van der Waals surface area (Å²) in [4.78, 5) is 0. The van der Waals surface area contributed by atoms with E-state index in [9.17, 15) is 4.39 Å². The fraction of sp³-hybridized carbons (Fsp3) is 0.455. The summed E-state index contributed by atoms with van der Waals surface area (Å²) in [5.74, 6) is -0.184. The van der Waals surface area contributed by atoms with Crippen molar-refractivity contribution in [1.29, 1.82) is 10.8 Å². The van der Waals surface area contributed by atoms with Crippen molar-refractivity contribution >= 4 is 5.84 Å². The number of nitrogens with zero attached hydrogens (tertiary/aromatic N) is 1. The fourth-order valence-corrected chi connectivity index (χ4v) is 1.29. The topological polar surface area (TPSA) is 52.6 Å². The molecule has 0 amide bonds. The highest BCUT2D eigenvalue weighted by Gasteiger charge is 2.14. The largest absolute Gasteiger partial charge is 0.288 e. The van der Waals surface area contributed by atoms with Crippen molar-refractivity contribution < 1.29 is 4.39 Å². The first kappa shape index (κ1) is 11.6. The quantitative estimate of drug-likeness (QED) is 0.527. The lowest BCUT2D eigenvalue weighted by Crippen LogP contribution is -2.29. The highest BCUT2D eigenvalue weighted by atomic mass is 19.1. The highest BCUT2D eigenvalue weighted by molar-refractivity contribution is 5.81. The van der Waals surface area contributed by atoms with Crippen LogP contribution in [0.3, 0.4) is 0 Å². The molecule has 0 aliphatic carbocycles. The summed E-state index contributed by atoms with van der Waals surface area (Å²) in [7, 11) is 0. The van der Waals surface area contributed by atoms with Gasteiger partial charge in [-0.1, -0.05) is 20.8 Å². The van der Waals surface area contributed by atoms with Gasteiger partial charge in [-0.3, -0.25) is 15.4 Å². The molecule has 0 aliphatic heterocycles. The first-order chi connectivity index (χ1) is 6.79. The molecule has 0 aliphatic rings. The standard InChI is InChI=1S/C11H16FN3/c1-11(2,3)6-10(14)15-7-8(12)4-5-9(15)13/h4-5,7,13-14H,6H2,1-3H3. The molecule has 0 saturated heterocycles. The van der Waals surface area contributed by atoms with Crippen molar-refractivity contribution in [2.24, 2.45) is 5.41 Å². The molecular formula is C11H16FN3. The van der Waals surface area contributed by atoms with Crippen LogP contribution in [0.15, 0.2) is 18.3 Å². The molecule has 0 unspecified atom stereocenters. The third-order valence-electron chi connectivity index (χ3n) is 1.90. The van der Waals surface area contributed by atoms with E-state index in [-0.39, 0.29) is 16.7 Å². The maximum absolute atomic E-state index is 12.9. The van der Waals surface area contributed by atoms with Crippen molar-refractivity contribution in [3.05, 3.63) is 29.6 Å². The summed E-state index contributed by atoms with van der Waals surface area (Å²) < 4.78 is 14.2. The lowest BCUT2D eigenvalue weighted by molar-refractivity contribution is 0.428. The van der Waals surface area contributed by atoms with Crippen LogP contribution in [0, 0.1) is 22.1 Å². The Hall–Kier alpha value is -1.45. The average Bonchev–Trinajstić information content (AvgIpc) is 2.06. The maximum atomic E-state index is 12.9. The Bertz CT molecular complexity index is 426. The van der Waals surface area contributed by atoms with Crippen LogP contribution in [0.2, 0.25) is 0 Å². The molecule has 0 aromatic carbocycles. The summed E-state index contributed by atoms with van der Waals surface area (Å²) in [5.41, 5.74) is 0.0914. The first-order valence-corrected chi connectivity index (χ1v) is 4.80. The van der Waals surface area contributed by atoms with Gasteiger partial charge in [0.05, 0.1) is 0 Å². The average molecular weight is 209 g/mol. The van der Waals surface area contributed by atoms with E-state index in [4.69, 9.17) is 10.8 Å². The molecule has 1 aromatic rings. The van der Waals surface area contributed by atoms with Gasteiger partial charge < -0.3 is 0 Å². The molecular weight excluding hydrogens is 193 g/mol. The second-order valence-corrected chi connectivity index (χ2v) is 4.79. The minimum absolute atomic E-state index is 0.0388. The van der Waals surface area contributed by atoms with Crippen LogP contribution in [0.4, 0.5) is 4.39 Å². The van der Waals surface area contributed by atoms with E-state index in [1.807, 2.05) is 20.8 Å². The maximum Gasteiger partial charge on any atom is 0.139 e. The number of hydrogen-bond acceptors (Lipinski definition) is 2. The van der Waals surface area contributed by atoms with E-state index < -0.39 is 5.82 Å². The van der Waals surface area contributed by atoms with Gasteiger partial charge >= 0.3 is 0 Å². The van der Waals surface area contributed by atoms with Crippen molar-refractivity contribution in [3.63, 3.8) is 0 Å². The van der Waals surface area contributed by atoms with Crippen LogP contribution >= 0.6 is 0 Å². The van der Waals surface area contributed by atoms with Gasteiger partial charge in [0, 0.05) is 12.6 Å². The van der Waals surface area contributed by atoms with Gasteiger partial charge in [-0.15, -0.1) is 0 Å². The minimum atomic E-state index is -0.426. The third-order valence-corrected chi connectivity index (χ3v) is 1.90. The molecule has 0 fully saturated rings. The fourth-order valence-electron chi connectivity index (χ4n) is 1.29. The molecule has 0 bridgehead atoms. The van der Waals surface area contributed by atoms with E-state index in [1.54, 1.807) is 0 Å². The van der Waals surface area contributed by atoms with Gasteiger partial charge in [-0.25, -0.2) is 4.39 Å². The summed E-state index contributed by atoms with van der Waals surface area (Å²) in [6.07, 6.45) is 1.68. The molecule has 82 valence electrons. The Morgan fingerprint density at radius 1 is 1.40 bits per heavy atom. The van der Waals surface area contributed by atoms with E-state index in [0.29, 0.717) is 6.42 Å². The van der Waals surface area contributed by atoms with Crippen molar-refractivity contribution in [2.75, 3.05) is 0 Å². The van der Waals surface area contributed by atoms with Crippen LogP contribution in [0.1, 0.15) is 27.2 Å². The summed E-state index contributed by atoms with van der Waals surface area (Å²) in [6, 6.07) is 2.58. The zero-order valence-corrected chi connectivity index (χ0v) is 9.26. The first-order valence-electron chi connectivity index (χ1n) is 4.80. The number of halogens is 1. The van der Waals surface area contributed by atoms with E-state index in [2.05, 4.69) is 0 Å². The SMILES string of the molecule is CC(C)(C)CC(=N)n1cc(F)ccc1=N. The summed E-state index contributed by atoms with van der Waals surface area (Å²) in [5, 5.41) is 15.4. The van der Waals surface area contributed by atoms with Crippen molar-refractivity contribution in [1.82, 2.24) is 4.57 Å². The Morgan fingerprint density at radius 2 is 2.00 bits per heavy atom. The van der Waals surface area contributed by atoms with Gasteiger partial charge in [0.2, 0.25) is 0 Å². The number of rotatable bonds is 1. The number of aromatic nitrogens is 1. The number of hydrogen-bond donors (Lipinski definition) is 2. The van der Waals surface area contributed by atoms with Gasteiger partial charge in [0.25, 0.3) is 0 Å². The van der Waals surface area contributed by atoms with E-state index >= 15 is 0 Å². The Kier molecular flexibility index (Phi) is 3.07. The predicted octanol–water partition coefficient (Wildman–Crippen LogP) is 2.37. The third kappa shape index (κ3) is 3.31. The molecule has 0 saturated carbocycles. The Balaban J connectivity index is 3.02. The molecule has 0 radical (unpaired) electrons. The second kappa shape index (κ2) is 3.96. The molecule has 1 aromatic heterocycles. The van der Waals surface area contributed by atoms with Gasteiger partial charge in [-0.05, 0) is 17.5 Å². The monoisotopic (exact) mass is 209 g/mol. The smallest absolute Gasteiger partial charge is 0.139 e. The zero-order valence-electron chi connectivity index (χ0n) is 9.26. The zero-order chi connectivity index (χ0) is 11.6. The van der Waals surface area contributed by atoms with Gasteiger partial charge in [0.15, 0.2) is 0 Å². The Labute approximate surface area is 88.6 Å². The van der Waals surface area contributed by atoms with E-state index in [1.165, 1.54) is 22.9 Å². The molecule has 0 atom stereocenters. The lowest BCUT2D eigenvalue weighted by atomic mass is 9.91. The molecule has 1 heterocycles. The van der Waals surface area contributed by atoms with Gasteiger partial charge in [-0.2, -0.15) is 0 Å². The van der Waals surface area contributed by atoms with Crippen molar-refractivity contribution in [2.45, 2.75) is 27.2 Å². The Morgan fingerprint density at radius 3 is 2.53 bits per heavy atom. The molecule has 3 nitrogen and oxygen atoms in total. The highest BCUT2D eigenvalue weighted by Crippen LogP contribution is 2.18. The molecule has 1 rings (SSSR count). The lowest BCUT2D eigenvalue weighted by Gasteiger charge is -2.19. The van der Waals surface area contributed by atoms with Crippen LogP contribution in [0.25, 0.3) is 0 Å². The van der Waals surface area contributed by atoms with Crippen LogP contribution in [-0.2, 0) is 0 Å². The summed E-state index contributed by atoms with van der Waals surface area (Å²) in [6.45, 7) is 6.01. The number of pyridine rings is 1. The van der Waals surface area contributed by atoms with Gasteiger partial charge in [0.1, 0.15) is 17.1 Å². The van der Waals surface area contributed by atoms with Crippen LogP contribution < -0.4 is 5.49 Å². The van der Waals surface area contributed by atoms with E-state index in [0.717, 1.165) is 0 Å². The normalized spacial score (nSPS) is 11.5. The second-order valence-electron chi connectivity index (χ2n) is 4.79. The molecule has 15 heavy (non-hydrogen) atoms. The van der Waals surface area contributed by atoms with Crippen LogP contribution in [0.5, 0.6) is 0 Å². The predicted molar refractivity (Wildman–Crippen MR) is 57.4 cm³/mol. The minimum Gasteiger partial charge on any atom is -0.288 e.